The van der Waals surface area contributed by atoms with Crippen molar-refractivity contribution in [2.45, 2.75) is 0 Å². The number of aromatic nitrogens is 2. The summed E-state index contributed by atoms with van der Waals surface area (Å²) in [6.07, 6.45) is 3.62. The van der Waals surface area contributed by atoms with Crippen molar-refractivity contribution >= 4 is 29.0 Å². The molecule has 148 valence electrons. The number of hydrogen-bond acceptors (Lipinski definition) is 4. The molecule has 0 aliphatic carbocycles. The first-order chi connectivity index (χ1) is 14.6. The second-order valence-corrected chi connectivity index (χ2v) is 6.59. The van der Waals surface area contributed by atoms with Crippen molar-refractivity contribution in [2.75, 3.05) is 7.11 Å². The van der Waals surface area contributed by atoms with Crippen molar-refractivity contribution in [3.63, 3.8) is 0 Å². The van der Waals surface area contributed by atoms with Gasteiger partial charge in [-0.25, -0.2) is 9.78 Å². The molecule has 1 N–H and O–H groups in total. The van der Waals surface area contributed by atoms with Crippen LogP contribution in [-0.4, -0.2) is 27.7 Å². The lowest BCUT2D eigenvalue weighted by atomic mass is 10.1. The number of carboxylic acids is 1. The zero-order chi connectivity index (χ0) is 21.1. The van der Waals surface area contributed by atoms with Gasteiger partial charge in [-0.1, -0.05) is 30.3 Å². The number of methoxy groups -OCH3 is 1. The van der Waals surface area contributed by atoms with Crippen LogP contribution < -0.4 is 10.3 Å². The van der Waals surface area contributed by atoms with Gasteiger partial charge in [0.05, 0.1) is 29.3 Å². The van der Waals surface area contributed by atoms with Crippen molar-refractivity contribution in [3.05, 3.63) is 100 Å². The van der Waals surface area contributed by atoms with E-state index in [1.165, 1.54) is 16.7 Å². The molecule has 0 radical (unpaired) electrons. The monoisotopic (exact) mass is 398 g/mol. The number of rotatable bonds is 5. The molecule has 0 amide bonds. The van der Waals surface area contributed by atoms with Gasteiger partial charge in [-0.15, -0.1) is 0 Å². The summed E-state index contributed by atoms with van der Waals surface area (Å²) < 4.78 is 6.66. The van der Waals surface area contributed by atoms with E-state index in [1.54, 1.807) is 43.5 Å². The zero-order valence-corrected chi connectivity index (χ0v) is 16.1. The summed E-state index contributed by atoms with van der Waals surface area (Å²) in [6.45, 7) is 0. The van der Waals surface area contributed by atoms with Crippen LogP contribution in [0, 0.1) is 0 Å². The summed E-state index contributed by atoms with van der Waals surface area (Å²) in [4.78, 5) is 29.0. The molecule has 0 spiro atoms. The van der Waals surface area contributed by atoms with Gasteiger partial charge in [0.15, 0.2) is 0 Å². The van der Waals surface area contributed by atoms with E-state index in [0.29, 0.717) is 22.4 Å². The van der Waals surface area contributed by atoms with E-state index in [2.05, 4.69) is 4.98 Å². The molecule has 0 unspecified atom stereocenters. The third-order valence-electron chi connectivity index (χ3n) is 4.71. The molecule has 0 bridgehead atoms. The standard InChI is InChI=1S/C24H18N2O4/c1-30-19-13-6-16(7-14-19)8-15-22-25-21-5-3-2-4-20(21)23(27)26(22)18-11-9-17(10-12-18)24(28)29/h2-15H,1H3,(H,28,29). The molecular weight excluding hydrogens is 380 g/mol. The van der Waals surface area contributed by atoms with Crippen LogP contribution in [0.25, 0.3) is 28.7 Å². The Balaban J connectivity index is 1.86. The van der Waals surface area contributed by atoms with Crippen LogP contribution >= 0.6 is 0 Å². The second kappa shape index (κ2) is 8.05. The molecule has 6 nitrogen and oxygen atoms in total. The van der Waals surface area contributed by atoms with E-state index < -0.39 is 5.97 Å². The van der Waals surface area contributed by atoms with Gasteiger partial charge in [0.2, 0.25) is 0 Å². The number of aromatic carboxylic acids is 1. The summed E-state index contributed by atoms with van der Waals surface area (Å²) in [7, 11) is 1.61. The van der Waals surface area contributed by atoms with Gasteiger partial charge < -0.3 is 9.84 Å². The van der Waals surface area contributed by atoms with Crippen LogP contribution in [0.4, 0.5) is 0 Å². The predicted octanol–water partition coefficient (Wildman–Crippen LogP) is 4.26. The number of benzene rings is 3. The van der Waals surface area contributed by atoms with E-state index in [9.17, 15) is 9.59 Å². The largest absolute Gasteiger partial charge is 0.497 e. The molecule has 0 saturated carbocycles. The molecule has 4 aromatic rings. The maximum atomic E-state index is 13.2. The second-order valence-electron chi connectivity index (χ2n) is 6.59. The summed E-state index contributed by atoms with van der Waals surface area (Å²) in [5, 5.41) is 9.63. The summed E-state index contributed by atoms with van der Waals surface area (Å²) >= 11 is 0. The van der Waals surface area contributed by atoms with Gasteiger partial charge in [0, 0.05) is 0 Å². The average molecular weight is 398 g/mol. The Morgan fingerprint density at radius 3 is 2.33 bits per heavy atom. The first kappa shape index (κ1) is 19.1. The molecule has 30 heavy (non-hydrogen) atoms. The summed E-state index contributed by atoms with van der Waals surface area (Å²) in [5.74, 6) is 0.175. The van der Waals surface area contributed by atoms with E-state index in [-0.39, 0.29) is 11.1 Å². The number of nitrogens with zero attached hydrogens (tertiary/aromatic N) is 2. The van der Waals surface area contributed by atoms with Crippen LogP contribution in [0.2, 0.25) is 0 Å². The Morgan fingerprint density at radius 2 is 1.67 bits per heavy atom. The Morgan fingerprint density at radius 1 is 0.967 bits per heavy atom. The average Bonchev–Trinajstić information content (AvgIpc) is 2.78. The number of ether oxygens (including phenoxy) is 1. The number of fused-ring (bicyclic) bond motifs is 1. The maximum absolute atomic E-state index is 13.2. The van der Waals surface area contributed by atoms with Gasteiger partial charge in [0.25, 0.3) is 5.56 Å². The molecule has 0 atom stereocenters. The highest BCUT2D eigenvalue weighted by Gasteiger charge is 2.12. The van der Waals surface area contributed by atoms with E-state index in [4.69, 9.17) is 9.84 Å². The lowest BCUT2D eigenvalue weighted by Gasteiger charge is -2.11. The fraction of sp³-hybridized carbons (Fsp3) is 0.0417. The van der Waals surface area contributed by atoms with Crippen molar-refractivity contribution in [1.82, 2.24) is 9.55 Å². The van der Waals surface area contributed by atoms with Gasteiger partial charge in [-0.05, 0) is 60.2 Å². The smallest absolute Gasteiger partial charge is 0.335 e. The van der Waals surface area contributed by atoms with Gasteiger partial charge in [0.1, 0.15) is 11.6 Å². The fourth-order valence-corrected chi connectivity index (χ4v) is 3.15. The van der Waals surface area contributed by atoms with Crippen LogP contribution in [0.15, 0.2) is 77.6 Å². The predicted molar refractivity (Wildman–Crippen MR) is 116 cm³/mol. The fourth-order valence-electron chi connectivity index (χ4n) is 3.15. The number of hydrogen-bond donors (Lipinski definition) is 1. The molecule has 0 aliphatic rings. The van der Waals surface area contributed by atoms with Gasteiger partial charge >= 0.3 is 5.97 Å². The zero-order valence-electron chi connectivity index (χ0n) is 16.1. The maximum Gasteiger partial charge on any atom is 0.335 e. The lowest BCUT2D eigenvalue weighted by molar-refractivity contribution is 0.0697. The Bertz CT molecular complexity index is 1300. The molecule has 0 saturated heterocycles. The Hall–Kier alpha value is -4.19. The minimum absolute atomic E-state index is 0.149. The van der Waals surface area contributed by atoms with Gasteiger partial charge in [-0.2, -0.15) is 0 Å². The normalized spacial score (nSPS) is 11.1. The molecule has 0 fully saturated rings. The first-order valence-electron chi connectivity index (χ1n) is 9.24. The van der Waals surface area contributed by atoms with Crippen molar-refractivity contribution in [1.29, 1.82) is 0 Å². The molecule has 1 heterocycles. The van der Waals surface area contributed by atoms with E-state index in [1.807, 2.05) is 36.4 Å². The van der Waals surface area contributed by atoms with Crippen molar-refractivity contribution in [2.24, 2.45) is 0 Å². The van der Waals surface area contributed by atoms with E-state index >= 15 is 0 Å². The van der Waals surface area contributed by atoms with Crippen LogP contribution in [0.3, 0.4) is 0 Å². The number of carboxylic acid groups (broad SMARTS) is 1. The minimum Gasteiger partial charge on any atom is -0.497 e. The topological polar surface area (TPSA) is 81.4 Å². The van der Waals surface area contributed by atoms with Crippen LogP contribution in [0.1, 0.15) is 21.7 Å². The summed E-state index contributed by atoms with van der Waals surface area (Å²) in [6, 6.07) is 20.8. The van der Waals surface area contributed by atoms with Gasteiger partial charge in [-0.3, -0.25) is 9.36 Å². The minimum atomic E-state index is -1.02. The number of para-hydroxylation sites is 1. The first-order valence-corrected chi connectivity index (χ1v) is 9.24. The third kappa shape index (κ3) is 3.71. The van der Waals surface area contributed by atoms with Crippen LogP contribution in [-0.2, 0) is 0 Å². The Labute approximate surface area is 172 Å². The highest BCUT2D eigenvalue weighted by atomic mass is 16.5. The SMILES string of the molecule is COc1ccc(C=Cc2nc3ccccc3c(=O)n2-c2ccc(C(=O)O)cc2)cc1. The highest BCUT2D eigenvalue weighted by Crippen LogP contribution is 2.17. The summed E-state index contributed by atoms with van der Waals surface area (Å²) in [5.41, 5.74) is 1.98. The number of carbonyl (C=O) groups is 1. The van der Waals surface area contributed by atoms with Crippen molar-refractivity contribution < 1.29 is 14.6 Å². The molecule has 3 aromatic carbocycles. The quantitative estimate of drug-likeness (QED) is 0.543. The highest BCUT2D eigenvalue weighted by molar-refractivity contribution is 5.88. The Kier molecular flexibility index (Phi) is 5.13. The third-order valence-corrected chi connectivity index (χ3v) is 4.71. The lowest BCUT2D eigenvalue weighted by Crippen LogP contribution is -2.22. The molecule has 6 heteroatoms. The van der Waals surface area contributed by atoms with Crippen molar-refractivity contribution in [3.8, 4) is 11.4 Å². The van der Waals surface area contributed by atoms with E-state index in [0.717, 1.165) is 11.3 Å². The molecule has 4 rings (SSSR count). The molecule has 1 aromatic heterocycles. The molecular formula is C24H18N2O4. The molecule has 0 aliphatic heterocycles. The van der Waals surface area contributed by atoms with Crippen LogP contribution in [0.5, 0.6) is 5.75 Å².